The molecule has 1 aromatic carbocycles. The van der Waals surface area contributed by atoms with E-state index in [0.717, 1.165) is 0 Å². The Bertz CT molecular complexity index is 958. The average Bonchev–Trinajstić information content (AvgIpc) is 2.72. The monoisotopic (exact) mass is 451 g/mol. The maximum absolute atomic E-state index is 13.7. The molecule has 1 aliphatic heterocycles. The Morgan fingerprint density at radius 2 is 1.71 bits per heavy atom. The van der Waals surface area contributed by atoms with Crippen LogP contribution in [0.5, 0.6) is 5.75 Å². The van der Waals surface area contributed by atoms with Crippen molar-refractivity contribution in [2.24, 2.45) is 0 Å². The van der Waals surface area contributed by atoms with Gasteiger partial charge in [-0.25, -0.2) is 13.2 Å². The Morgan fingerprint density at radius 3 is 2.19 bits per heavy atom. The fourth-order valence-electron chi connectivity index (χ4n) is 3.27. The van der Waals surface area contributed by atoms with Gasteiger partial charge in [-0.2, -0.15) is 0 Å². The molecule has 1 saturated heterocycles. The van der Waals surface area contributed by atoms with Gasteiger partial charge in [-0.1, -0.05) is 5.92 Å². The molecule has 0 radical (unpaired) electrons. The summed E-state index contributed by atoms with van der Waals surface area (Å²) in [4.78, 5) is 26.4. The molecule has 8 nitrogen and oxygen atoms in total. The van der Waals surface area contributed by atoms with Gasteiger partial charge in [-0.15, -0.1) is 5.92 Å². The zero-order valence-electron chi connectivity index (χ0n) is 18.6. The lowest BCUT2D eigenvalue weighted by atomic mass is 9.95. The highest BCUT2D eigenvalue weighted by Crippen LogP contribution is 2.38. The normalized spacial score (nSPS) is 16.0. The van der Waals surface area contributed by atoms with E-state index in [4.69, 9.17) is 14.2 Å². The number of carbonyl (C=O) groups is 2. The van der Waals surface area contributed by atoms with E-state index in [0.29, 0.717) is 5.75 Å². The highest BCUT2D eigenvalue weighted by molar-refractivity contribution is 7.93. The fourth-order valence-corrected chi connectivity index (χ4v) is 5.19. The lowest BCUT2D eigenvalue weighted by molar-refractivity contribution is -0.159. The standard InChI is InChI=1S/C22H29NO7S/c1-6-7-16-29-17-8-10-18(11-9-17)31(26,27)22(19(24)30-21(2,3)4)12-14-23(15-13-22)20(25)28-5/h8-11H,12-16H2,1-5H3. The number of methoxy groups -OCH3 is 1. The summed E-state index contributed by atoms with van der Waals surface area (Å²) in [6.45, 7) is 7.04. The molecule has 0 aromatic heterocycles. The van der Waals surface area contributed by atoms with Crippen molar-refractivity contribution < 1.29 is 32.2 Å². The van der Waals surface area contributed by atoms with Gasteiger partial charge in [0.05, 0.1) is 12.0 Å². The van der Waals surface area contributed by atoms with Gasteiger partial charge in [0.25, 0.3) is 0 Å². The van der Waals surface area contributed by atoms with Crippen molar-refractivity contribution in [1.29, 1.82) is 0 Å². The lowest BCUT2D eigenvalue weighted by Crippen LogP contribution is -2.56. The number of hydrogen-bond acceptors (Lipinski definition) is 7. The van der Waals surface area contributed by atoms with Crippen LogP contribution >= 0.6 is 0 Å². The number of carbonyl (C=O) groups excluding carboxylic acids is 2. The van der Waals surface area contributed by atoms with Crippen LogP contribution in [0.15, 0.2) is 29.2 Å². The Labute approximate surface area is 183 Å². The minimum Gasteiger partial charge on any atom is -0.481 e. The van der Waals surface area contributed by atoms with E-state index >= 15 is 0 Å². The second-order valence-corrected chi connectivity index (χ2v) is 10.4. The van der Waals surface area contributed by atoms with Crippen LogP contribution < -0.4 is 4.74 Å². The molecular weight excluding hydrogens is 422 g/mol. The van der Waals surface area contributed by atoms with E-state index in [-0.39, 0.29) is 37.4 Å². The van der Waals surface area contributed by atoms with Crippen LogP contribution in [-0.4, -0.2) is 62.5 Å². The molecule has 0 spiro atoms. The topological polar surface area (TPSA) is 99.2 Å². The van der Waals surface area contributed by atoms with Crippen molar-refractivity contribution in [3.63, 3.8) is 0 Å². The third-order valence-electron chi connectivity index (χ3n) is 4.91. The molecule has 0 aliphatic carbocycles. The van der Waals surface area contributed by atoms with Gasteiger partial charge in [0.2, 0.25) is 0 Å². The summed E-state index contributed by atoms with van der Waals surface area (Å²) in [7, 11) is -2.88. The molecule has 0 unspecified atom stereocenters. The van der Waals surface area contributed by atoms with Crippen molar-refractivity contribution in [3.05, 3.63) is 24.3 Å². The Morgan fingerprint density at radius 1 is 1.13 bits per heavy atom. The van der Waals surface area contributed by atoms with Gasteiger partial charge in [0.1, 0.15) is 18.0 Å². The second kappa shape index (κ2) is 9.60. The first kappa shape index (κ1) is 24.5. The summed E-state index contributed by atoms with van der Waals surface area (Å²) in [6.07, 6.45) is -0.750. The van der Waals surface area contributed by atoms with Crippen molar-refractivity contribution in [1.82, 2.24) is 4.90 Å². The zero-order valence-corrected chi connectivity index (χ0v) is 19.4. The highest BCUT2D eigenvalue weighted by Gasteiger charge is 2.55. The van der Waals surface area contributed by atoms with Gasteiger partial charge in [0.15, 0.2) is 14.6 Å². The predicted octanol–water partition coefficient (Wildman–Crippen LogP) is 2.81. The first-order chi connectivity index (χ1) is 14.5. The fraction of sp³-hybridized carbons (Fsp3) is 0.545. The van der Waals surface area contributed by atoms with Crippen LogP contribution in [0.2, 0.25) is 0 Å². The van der Waals surface area contributed by atoms with Crippen molar-refractivity contribution in [2.45, 2.75) is 55.8 Å². The summed E-state index contributed by atoms with van der Waals surface area (Å²) in [5, 5.41) is 0. The molecule has 2 rings (SSSR count). The van der Waals surface area contributed by atoms with Crippen LogP contribution in [-0.2, 0) is 24.1 Å². The number of nitrogens with zero attached hydrogens (tertiary/aromatic N) is 1. The third-order valence-corrected chi connectivity index (χ3v) is 7.41. The molecular formula is C22H29NO7S. The van der Waals surface area contributed by atoms with E-state index in [1.165, 1.54) is 36.3 Å². The number of hydrogen-bond donors (Lipinski definition) is 0. The Hall–Kier alpha value is -2.73. The number of sulfone groups is 1. The molecule has 9 heteroatoms. The van der Waals surface area contributed by atoms with E-state index in [1.54, 1.807) is 27.7 Å². The van der Waals surface area contributed by atoms with Crippen molar-refractivity contribution >= 4 is 21.9 Å². The number of rotatable bonds is 5. The number of ether oxygens (including phenoxy) is 3. The number of benzene rings is 1. The number of amides is 1. The zero-order chi connectivity index (χ0) is 23.3. The maximum Gasteiger partial charge on any atom is 0.409 e. The van der Waals surface area contributed by atoms with E-state index < -0.39 is 32.2 Å². The van der Waals surface area contributed by atoms with Crippen LogP contribution in [0.25, 0.3) is 0 Å². The first-order valence-corrected chi connectivity index (χ1v) is 11.4. The number of esters is 1. The minimum atomic E-state index is -4.13. The second-order valence-electron chi connectivity index (χ2n) is 8.14. The van der Waals surface area contributed by atoms with Crippen molar-refractivity contribution in [3.8, 4) is 17.6 Å². The largest absolute Gasteiger partial charge is 0.481 e. The number of piperidine rings is 1. The molecule has 0 bridgehead atoms. The molecule has 31 heavy (non-hydrogen) atoms. The molecule has 170 valence electrons. The van der Waals surface area contributed by atoms with Gasteiger partial charge in [0, 0.05) is 13.1 Å². The van der Waals surface area contributed by atoms with Crippen molar-refractivity contribution in [2.75, 3.05) is 26.8 Å². The minimum absolute atomic E-state index is 0.0150. The summed E-state index contributed by atoms with van der Waals surface area (Å²) < 4.78 is 41.2. The summed E-state index contributed by atoms with van der Waals surface area (Å²) in [5.41, 5.74) is -0.864. The Kier molecular flexibility index (Phi) is 7.60. The smallest absolute Gasteiger partial charge is 0.409 e. The van der Waals surface area contributed by atoms with E-state index in [1.807, 2.05) is 0 Å². The predicted molar refractivity (Wildman–Crippen MR) is 114 cm³/mol. The van der Waals surface area contributed by atoms with Crippen LogP contribution in [0, 0.1) is 11.8 Å². The third kappa shape index (κ3) is 5.50. The van der Waals surface area contributed by atoms with Crippen LogP contribution in [0.4, 0.5) is 4.79 Å². The van der Waals surface area contributed by atoms with E-state index in [2.05, 4.69) is 11.8 Å². The summed E-state index contributed by atoms with van der Waals surface area (Å²) >= 11 is 0. The molecule has 1 aliphatic rings. The average molecular weight is 452 g/mol. The van der Waals surface area contributed by atoms with Crippen LogP contribution in [0.3, 0.4) is 0 Å². The molecule has 0 atom stereocenters. The summed E-state index contributed by atoms with van der Waals surface area (Å²) in [5.74, 6) is 5.12. The first-order valence-electron chi connectivity index (χ1n) is 9.90. The highest BCUT2D eigenvalue weighted by atomic mass is 32.2. The SMILES string of the molecule is CC#CCOc1ccc(S(=O)(=O)C2(C(=O)OC(C)(C)C)CCN(C(=O)OC)CC2)cc1. The quantitative estimate of drug-likeness (QED) is 0.501. The lowest BCUT2D eigenvalue weighted by Gasteiger charge is -2.40. The van der Waals surface area contributed by atoms with Gasteiger partial charge in [-0.3, -0.25) is 4.79 Å². The van der Waals surface area contributed by atoms with Crippen LogP contribution in [0.1, 0.15) is 40.5 Å². The molecule has 0 N–H and O–H groups in total. The summed E-state index contributed by atoms with van der Waals surface area (Å²) in [6, 6.07) is 5.86. The molecule has 1 amide bonds. The van der Waals surface area contributed by atoms with Gasteiger partial charge < -0.3 is 19.1 Å². The number of likely N-dealkylation sites (tertiary alicyclic amines) is 1. The van der Waals surface area contributed by atoms with Gasteiger partial charge in [-0.05, 0) is 64.8 Å². The Balaban J connectivity index is 2.39. The maximum atomic E-state index is 13.7. The molecule has 1 aromatic rings. The van der Waals surface area contributed by atoms with Gasteiger partial charge >= 0.3 is 12.1 Å². The molecule has 1 fully saturated rings. The molecule has 1 heterocycles. The van der Waals surface area contributed by atoms with E-state index in [9.17, 15) is 18.0 Å². The molecule has 0 saturated carbocycles.